The number of rotatable bonds is 5. The van der Waals surface area contributed by atoms with Crippen LogP contribution in [0, 0.1) is 6.92 Å². The number of carbonyl (C=O) groups is 2. The molecule has 0 bridgehead atoms. The summed E-state index contributed by atoms with van der Waals surface area (Å²) in [5.74, 6) is 1.04. The predicted molar refractivity (Wildman–Crippen MR) is 133 cm³/mol. The van der Waals surface area contributed by atoms with Crippen LogP contribution < -0.4 is 5.32 Å². The van der Waals surface area contributed by atoms with Crippen LogP contribution in [0.25, 0.3) is 0 Å². The molecule has 0 unspecified atom stereocenters. The van der Waals surface area contributed by atoms with Crippen LogP contribution >= 0.6 is 11.8 Å². The summed E-state index contributed by atoms with van der Waals surface area (Å²) in [4.78, 5) is 37.2. The van der Waals surface area contributed by atoms with Crippen LogP contribution in [-0.4, -0.2) is 39.8 Å². The Labute approximate surface area is 198 Å². The average Bonchev–Trinajstić information content (AvgIpc) is 3.15. The molecule has 1 N–H and O–H groups in total. The van der Waals surface area contributed by atoms with Gasteiger partial charge >= 0.3 is 0 Å². The number of aliphatic imine (C=N–C) groups is 2. The van der Waals surface area contributed by atoms with E-state index in [4.69, 9.17) is 9.98 Å². The quantitative estimate of drug-likeness (QED) is 0.701. The molecule has 7 heteroatoms. The summed E-state index contributed by atoms with van der Waals surface area (Å²) in [6.45, 7) is 2.06. The number of nitrogens with zero attached hydrogens (tertiary/aromatic N) is 3. The molecule has 6 nitrogen and oxygen atoms in total. The van der Waals surface area contributed by atoms with E-state index in [0.29, 0.717) is 16.8 Å². The molecular weight excluding hydrogens is 432 g/mol. The topological polar surface area (TPSA) is 74.1 Å². The zero-order chi connectivity index (χ0) is 22.8. The summed E-state index contributed by atoms with van der Waals surface area (Å²) < 4.78 is 0. The highest BCUT2D eigenvalue weighted by molar-refractivity contribution is 8.13. The first-order valence-corrected chi connectivity index (χ1v) is 12.6. The number of amidine groups is 2. The molecule has 1 saturated carbocycles. The molecule has 1 atom stereocenters. The fourth-order valence-corrected chi connectivity index (χ4v) is 5.53. The molecule has 33 heavy (non-hydrogen) atoms. The maximum atomic E-state index is 13.4. The molecule has 1 aliphatic carbocycles. The molecule has 0 spiro atoms. The van der Waals surface area contributed by atoms with E-state index in [2.05, 4.69) is 36.5 Å². The van der Waals surface area contributed by atoms with Crippen LogP contribution in [0.4, 0.5) is 5.69 Å². The van der Waals surface area contributed by atoms with E-state index in [0.717, 1.165) is 36.9 Å². The Balaban J connectivity index is 1.34. The Hall–Kier alpha value is -2.93. The predicted octanol–water partition coefficient (Wildman–Crippen LogP) is 4.73. The number of aryl methyl sites for hydroxylation is 1. The van der Waals surface area contributed by atoms with Crippen molar-refractivity contribution in [2.75, 3.05) is 0 Å². The smallest absolute Gasteiger partial charge is 0.259 e. The van der Waals surface area contributed by atoms with Crippen molar-refractivity contribution in [3.63, 3.8) is 0 Å². The van der Waals surface area contributed by atoms with Crippen molar-refractivity contribution in [2.24, 2.45) is 9.98 Å². The molecule has 2 amide bonds. The Bertz CT molecular complexity index is 1120. The largest absolute Gasteiger partial charge is 0.353 e. The highest BCUT2D eigenvalue weighted by Crippen LogP contribution is 2.35. The first-order chi connectivity index (χ1) is 16.1. The first-order valence-electron chi connectivity index (χ1n) is 11.7. The molecule has 2 aromatic rings. The van der Waals surface area contributed by atoms with E-state index < -0.39 is 6.04 Å². The van der Waals surface area contributed by atoms with Crippen LogP contribution in [-0.2, 0) is 15.3 Å². The zero-order valence-electron chi connectivity index (χ0n) is 18.8. The minimum absolute atomic E-state index is 0.0768. The van der Waals surface area contributed by atoms with Crippen LogP contribution in [0.1, 0.15) is 55.2 Å². The van der Waals surface area contributed by atoms with Crippen molar-refractivity contribution in [3.8, 4) is 0 Å². The lowest BCUT2D eigenvalue weighted by Crippen LogP contribution is -2.43. The van der Waals surface area contributed by atoms with E-state index in [1.54, 1.807) is 4.90 Å². The molecule has 2 aromatic carbocycles. The van der Waals surface area contributed by atoms with Gasteiger partial charge < -0.3 is 5.32 Å². The standard InChI is InChI=1S/C26H28N4O2S/c1-17-11-13-18(14-12-17)16-33-26-29-21-10-6-5-9-20(21)24-28-22(25(32)30(24)26)15-23(31)27-19-7-3-2-4-8-19/h5-6,9-14,19,22H,2-4,7-8,15-16H2,1H3,(H,27,31)/t22-/m1/s1. The second-order valence-corrected chi connectivity index (χ2v) is 9.88. The summed E-state index contributed by atoms with van der Waals surface area (Å²) >= 11 is 1.52. The summed E-state index contributed by atoms with van der Waals surface area (Å²) in [6.07, 6.45) is 5.65. The van der Waals surface area contributed by atoms with Crippen molar-refractivity contribution < 1.29 is 9.59 Å². The van der Waals surface area contributed by atoms with Gasteiger partial charge in [-0.05, 0) is 37.5 Å². The number of amides is 2. The minimum Gasteiger partial charge on any atom is -0.353 e. The van der Waals surface area contributed by atoms with Gasteiger partial charge in [0.05, 0.1) is 12.1 Å². The Kier molecular flexibility index (Phi) is 6.31. The van der Waals surface area contributed by atoms with E-state index in [1.165, 1.54) is 29.3 Å². The summed E-state index contributed by atoms with van der Waals surface area (Å²) in [5.41, 5.74) is 4.02. The van der Waals surface area contributed by atoms with E-state index in [9.17, 15) is 9.59 Å². The van der Waals surface area contributed by atoms with Gasteiger partial charge in [-0.25, -0.2) is 9.89 Å². The molecular formula is C26H28N4O2S. The highest BCUT2D eigenvalue weighted by atomic mass is 32.2. The Morgan fingerprint density at radius 2 is 1.85 bits per heavy atom. The molecule has 0 radical (unpaired) electrons. The van der Waals surface area contributed by atoms with Crippen molar-refractivity contribution in [1.82, 2.24) is 10.2 Å². The summed E-state index contributed by atoms with van der Waals surface area (Å²) in [5, 5.41) is 3.73. The molecule has 2 heterocycles. The number of para-hydroxylation sites is 1. The van der Waals surface area contributed by atoms with E-state index in [-0.39, 0.29) is 24.3 Å². The molecule has 2 aliphatic heterocycles. The number of fused-ring (bicyclic) bond motifs is 3. The number of benzene rings is 2. The van der Waals surface area contributed by atoms with Gasteiger partial charge in [-0.3, -0.25) is 14.6 Å². The second kappa shape index (κ2) is 9.51. The number of hydrogen-bond acceptors (Lipinski definition) is 5. The van der Waals surface area contributed by atoms with Gasteiger partial charge in [0.15, 0.2) is 5.17 Å². The summed E-state index contributed by atoms with van der Waals surface area (Å²) in [6, 6.07) is 15.6. The minimum atomic E-state index is -0.708. The van der Waals surface area contributed by atoms with E-state index in [1.807, 2.05) is 24.3 Å². The number of nitrogens with one attached hydrogen (secondary N) is 1. The highest BCUT2D eigenvalue weighted by Gasteiger charge is 2.42. The van der Waals surface area contributed by atoms with Gasteiger partial charge in [0, 0.05) is 17.4 Å². The third-order valence-electron chi connectivity index (χ3n) is 6.39. The van der Waals surface area contributed by atoms with Crippen molar-refractivity contribution in [1.29, 1.82) is 0 Å². The Morgan fingerprint density at radius 3 is 2.64 bits per heavy atom. The molecule has 170 valence electrons. The van der Waals surface area contributed by atoms with Gasteiger partial charge in [-0.15, -0.1) is 0 Å². The summed E-state index contributed by atoms with van der Waals surface area (Å²) in [7, 11) is 0. The zero-order valence-corrected chi connectivity index (χ0v) is 19.6. The Morgan fingerprint density at radius 1 is 1.09 bits per heavy atom. The van der Waals surface area contributed by atoms with Crippen LogP contribution in [0.3, 0.4) is 0 Å². The fourth-order valence-electron chi connectivity index (χ4n) is 4.57. The monoisotopic (exact) mass is 460 g/mol. The van der Waals surface area contributed by atoms with Crippen LogP contribution in [0.15, 0.2) is 58.5 Å². The number of carbonyl (C=O) groups excluding carboxylic acids is 2. The van der Waals surface area contributed by atoms with Gasteiger partial charge in [0.25, 0.3) is 5.91 Å². The van der Waals surface area contributed by atoms with Crippen LogP contribution in [0.2, 0.25) is 0 Å². The molecule has 0 aromatic heterocycles. The van der Waals surface area contributed by atoms with E-state index >= 15 is 0 Å². The lowest BCUT2D eigenvalue weighted by atomic mass is 9.95. The van der Waals surface area contributed by atoms with Gasteiger partial charge in [-0.1, -0.05) is 73.0 Å². The maximum absolute atomic E-state index is 13.4. The van der Waals surface area contributed by atoms with Crippen molar-refractivity contribution >= 4 is 40.3 Å². The third-order valence-corrected chi connectivity index (χ3v) is 7.40. The van der Waals surface area contributed by atoms with Crippen LogP contribution in [0.5, 0.6) is 0 Å². The van der Waals surface area contributed by atoms with Crippen molar-refractivity contribution in [2.45, 2.75) is 63.3 Å². The molecule has 5 rings (SSSR count). The maximum Gasteiger partial charge on any atom is 0.259 e. The average molecular weight is 461 g/mol. The lowest BCUT2D eigenvalue weighted by molar-refractivity contribution is -0.129. The molecule has 0 saturated heterocycles. The SMILES string of the molecule is Cc1ccc(CSC2=Nc3ccccc3C3=N[C@H](CC(=O)NC4CCCCC4)C(=O)N23)cc1. The second-order valence-electron chi connectivity index (χ2n) is 8.93. The van der Waals surface area contributed by atoms with Crippen molar-refractivity contribution in [3.05, 3.63) is 65.2 Å². The lowest BCUT2D eigenvalue weighted by Gasteiger charge is -2.25. The number of thioether (sulfide) groups is 1. The molecule has 3 aliphatic rings. The third kappa shape index (κ3) is 4.74. The van der Waals surface area contributed by atoms with Gasteiger partial charge in [-0.2, -0.15) is 0 Å². The number of hydrogen-bond donors (Lipinski definition) is 1. The normalized spacial score (nSPS) is 20.1. The first kappa shape index (κ1) is 21.9. The van der Waals surface area contributed by atoms with Gasteiger partial charge in [0.1, 0.15) is 11.9 Å². The molecule has 1 fully saturated rings. The van der Waals surface area contributed by atoms with Gasteiger partial charge in [0.2, 0.25) is 5.91 Å². The fraction of sp³-hybridized carbons (Fsp3) is 0.385.